The first-order valence-corrected chi connectivity index (χ1v) is 13.1. The van der Waals surface area contributed by atoms with E-state index in [1.807, 2.05) is 30.3 Å². The standard InChI is InChI=1S/C29H32N2O6S/c1-17(2)13-14-37-22-12-7-19(15-23(22)35-5)16-24-27(32)31-26(20-8-10-21(34-4)11-9-20)25(28(33)36-6)18(3)30-29(31)38-24/h7-12,15-17,26H,13-14H2,1-6H3/b24-16+/t26-/m0/s1. The van der Waals surface area contributed by atoms with E-state index >= 15 is 0 Å². The fourth-order valence-electron chi connectivity index (χ4n) is 4.24. The molecular weight excluding hydrogens is 504 g/mol. The second-order valence-corrected chi connectivity index (χ2v) is 10.3. The highest BCUT2D eigenvalue weighted by molar-refractivity contribution is 7.07. The molecule has 0 spiro atoms. The van der Waals surface area contributed by atoms with E-state index < -0.39 is 12.0 Å². The van der Waals surface area contributed by atoms with E-state index in [1.165, 1.54) is 18.4 Å². The molecule has 0 radical (unpaired) electrons. The van der Waals surface area contributed by atoms with Crippen LogP contribution in [0.5, 0.6) is 17.2 Å². The minimum atomic E-state index is -0.682. The lowest BCUT2D eigenvalue weighted by Gasteiger charge is -2.24. The summed E-state index contributed by atoms with van der Waals surface area (Å²) in [4.78, 5) is 31.7. The smallest absolute Gasteiger partial charge is 0.338 e. The highest BCUT2D eigenvalue weighted by Gasteiger charge is 2.33. The first kappa shape index (κ1) is 27.2. The van der Waals surface area contributed by atoms with Crippen LogP contribution in [0.2, 0.25) is 0 Å². The van der Waals surface area contributed by atoms with Crippen LogP contribution < -0.4 is 29.1 Å². The summed E-state index contributed by atoms with van der Waals surface area (Å²) in [6.45, 7) is 6.64. The Balaban J connectivity index is 1.80. The Kier molecular flexibility index (Phi) is 8.36. The predicted molar refractivity (Wildman–Crippen MR) is 147 cm³/mol. The quantitative estimate of drug-likeness (QED) is 0.386. The van der Waals surface area contributed by atoms with Crippen molar-refractivity contribution in [3.05, 3.63) is 84.5 Å². The minimum absolute atomic E-state index is 0.250. The molecule has 2 aromatic carbocycles. The van der Waals surface area contributed by atoms with Crippen molar-refractivity contribution in [3.8, 4) is 17.2 Å². The van der Waals surface area contributed by atoms with Gasteiger partial charge in [0.25, 0.3) is 5.56 Å². The Morgan fingerprint density at radius 1 is 1.08 bits per heavy atom. The number of hydrogen-bond acceptors (Lipinski definition) is 8. The van der Waals surface area contributed by atoms with Crippen molar-refractivity contribution in [2.24, 2.45) is 10.9 Å². The number of carbonyl (C=O) groups is 1. The van der Waals surface area contributed by atoms with Crippen LogP contribution in [0, 0.1) is 5.92 Å². The maximum atomic E-state index is 13.7. The maximum absolute atomic E-state index is 13.7. The summed E-state index contributed by atoms with van der Waals surface area (Å²) < 4.78 is 23.8. The molecule has 8 nitrogen and oxygen atoms in total. The van der Waals surface area contributed by atoms with Crippen LogP contribution in [0.15, 0.2) is 63.5 Å². The number of rotatable bonds is 9. The van der Waals surface area contributed by atoms with Crippen LogP contribution in [0.4, 0.5) is 0 Å². The molecule has 9 heteroatoms. The van der Waals surface area contributed by atoms with Gasteiger partial charge in [-0.3, -0.25) is 9.36 Å². The summed E-state index contributed by atoms with van der Waals surface area (Å²) in [7, 11) is 4.50. The first-order chi connectivity index (χ1) is 18.3. The van der Waals surface area contributed by atoms with Gasteiger partial charge in [0.15, 0.2) is 16.3 Å². The second-order valence-electron chi connectivity index (χ2n) is 9.29. The number of aromatic nitrogens is 1. The van der Waals surface area contributed by atoms with E-state index in [0.717, 1.165) is 17.5 Å². The molecule has 0 bridgehead atoms. The molecule has 1 aliphatic rings. The minimum Gasteiger partial charge on any atom is -0.497 e. The lowest BCUT2D eigenvalue weighted by molar-refractivity contribution is -0.136. The first-order valence-electron chi connectivity index (χ1n) is 12.3. The van der Waals surface area contributed by atoms with E-state index in [1.54, 1.807) is 43.9 Å². The molecule has 0 aliphatic carbocycles. The van der Waals surface area contributed by atoms with E-state index in [0.29, 0.717) is 50.4 Å². The molecule has 1 atom stereocenters. The fourth-order valence-corrected chi connectivity index (χ4v) is 5.29. The fraction of sp³-hybridized carbons (Fsp3) is 0.345. The number of fused-ring (bicyclic) bond motifs is 1. The third kappa shape index (κ3) is 5.52. The van der Waals surface area contributed by atoms with Gasteiger partial charge < -0.3 is 18.9 Å². The molecule has 0 N–H and O–H groups in total. The normalized spacial score (nSPS) is 15.2. The van der Waals surface area contributed by atoms with Gasteiger partial charge in [-0.1, -0.05) is 43.4 Å². The van der Waals surface area contributed by atoms with Gasteiger partial charge in [-0.05, 0) is 60.7 Å². The third-order valence-electron chi connectivity index (χ3n) is 6.30. The van der Waals surface area contributed by atoms with Crippen LogP contribution in [0.3, 0.4) is 0 Å². The number of ether oxygens (including phenoxy) is 4. The molecule has 0 amide bonds. The molecule has 3 aromatic rings. The highest BCUT2D eigenvalue weighted by Crippen LogP contribution is 2.32. The molecule has 0 saturated carbocycles. The zero-order chi connectivity index (χ0) is 27.4. The van der Waals surface area contributed by atoms with Gasteiger partial charge >= 0.3 is 5.97 Å². The predicted octanol–water partition coefficient (Wildman–Crippen LogP) is 3.85. The summed E-state index contributed by atoms with van der Waals surface area (Å²) in [5, 5.41) is 0. The van der Waals surface area contributed by atoms with Crippen LogP contribution >= 0.6 is 11.3 Å². The van der Waals surface area contributed by atoms with Crippen LogP contribution in [-0.2, 0) is 9.53 Å². The summed E-state index contributed by atoms with van der Waals surface area (Å²) in [5.74, 6) is 1.93. The van der Waals surface area contributed by atoms with Gasteiger partial charge in [0.05, 0.1) is 49.8 Å². The average Bonchev–Trinajstić information content (AvgIpc) is 3.21. The van der Waals surface area contributed by atoms with E-state index in [9.17, 15) is 9.59 Å². The van der Waals surface area contributed by atoms with Crippen LogP contribution in [-0.4, -0.2) is 38.5 Å². The number of esters is 1. The Labute approximate surface area is 225 Å². The Bertz CT molecular complexity index is 1530. The molecule has 1 aliphatic heterocycles. The zero-order valence-corrected chi connectivity index (χ0v) is 23.3. The molecule has 0 fully saturated rings. The number of thiazole rings is 1. The van der Waals surface area contributed by atoms with Crippen molar-refractivity contribution in [2.75, 3.05) is 27.9 Å². The summed E-state index contributed by atoms with van der Waals surface area (Å²) in [6, 6.07) is 12.2. The van der Waals surface area contributed by atoms with Crippen molar-refractivity contribution < 1.29 is 23.7 Å². The van der Waals surface area contributed by atoms with Crippen molar-refractivity contribution in [1.29, 1.82) is 0 Å². The van der Waals surface area contributed by atoms with Crippen molar-refractivity contribution in [3.63, 3.8) is 0 Å². The molecule has 0 unspecified atom stereocenters. The Hall–Kier alpha value is -3.85. The Morgan fingerprint density at radius 2 is 1.82 bits per heavy atom. The van der Waals surface area contributed by atoms with Crippen LogP contribution in [0.1, 0.15) is 44.4 Å². The van der Waals surface area contributed by atoms with Crippen molar-refractivity contribution in [1.82, 2.24) is 4.57 Å². The number of hydrogen-bond donors (Lipinski definition) is 0. The lowest BCUT2D eigenvalue weighted by atomic mass is 9.96. The van der Waals surface area contributed by atoms with Gasteiger partial charge in [-0.2, -0.15) is 0 Å². The van der Waals surface area contributed by atoms with Crippen molar-refractivity contribution >= 4 is 23.4 Å². The van der Waals surface area contributed by atoms with E-state index in [-0.39, 0.29) is 5.56 Å². The molecular formula is C29H32N2O6S. The van der Waals surface area contributed by atoms with Gasteiger partial charge in [0.2, 0.25) is 0 Å². The molecule has 200 valence electrons. The molecule has 4 rings (SSSR count). The summed E-state index contributed by atoms with van der Waals surface area (Å²) in [6.07, 6.45) is 2.74. The molecule has 0 saturated heterocycles. The lowest BCUT2D eigenvalue weighted by Crippen LogP contribution is -2.39. The maximum Gasteiger partial charge on any atom is 0.338 e. The summed E-state index contributed by atoms with van der Waals surface area (Å²) in [5.41, 5.74) is 2.11. The van der Waals surface area contributed by atoms with Gasteiger partial charge in [-0.15, -0.1) is 0 Å². The van der Waals surface area contributed by atoms with Gasteiger partial charge in [0.1, 0.15) is 5.75 Å². The second kappa shape index (κ2) is 11.7. The highest BCUT2D eigenvalue weighted by atomic mass is 32.1. The summed E-state index contributed by atoms with van der Waals surface area (Å²) >= 11 is 1.27. The number of allylic oxidation sites excluding steroid dienone is 1. The average molecular weight is 537 g/mol. The molecule has 1 aromatic heterocycles. The number of nitrogens with zero attached hydrogens (tertiary/aromatic N) is 2. The van der Waals surface area contributed by atoms with Gasteiger partial charge in [0, 0.05) is 0 Å². The number of methoxy groups -OCH3 is 3. The molecule has 2 heterocycles. The SMILES string of the molecule is COC(=O)C1=C(C)N=c2s/c(=C/c3ccc(OCCC(C)C)c(OC)c3)c(=O)n2[C@H]1c1ccc(OC)cc1. The molecule has 38 heavy (non-hydrogen) atoms. The van der Waals surface area contributed by atoms with Crippen molar-refractivity contribution in [2.45, 2.75) is 33.2 Å². The number of carbonyl (C=O) groups excluding carboxylic acids is 1. The monoisotopic (exact) mass is 536 g/mol. The third-order valence-corrected chi connectivity index (χ3v) is 7.28. The topological polar surface area (TPSA) is 88.4 Å². The van der Waals surface area contributed by atoms with E-state index in [2.05, 4.69) is 18.8 Å². The number of benzene rings is 2. The largest absolute Gasteiger partial charge is 0.497 e. The van der Waals surface area contributed by atoms with Crippen LogP contribution in [0.25, 0.3) is 6.08 Å². The van der Waals surface area contributed by atoms with E-state index in [4.69, 9.17) is 18.9 Å². The van der Waals surface area contributed by atoms with Gasteiger partial charge in [-0.25, -0.2) is 9.79 Å². The zero-order valence-electron chi connectivity index (χ0n) is 22.4. The Morgan fingerprint density at radius 3 is 2.45 bits per heavy atom.